The lowest BCUT2D eigenvalue weighted by Crippen LogP contribution is -2.39. The van der Waals surface area contributed by atoms with Crippen molar-refractivity contribution in [2.24, 2.45) is 5.92 Å². The zero-order valence-corrected chi connectivity index (χ0v) is 9.87. The fourth-order valence-corrected chi connectivity index (χ4v) is 2.15. The van der Waals surface area contributed by atoms with Crippen molar-refractivity contribution in [2.75, 3.05) is 13.1 Å². The first-order valence-corrected chi connectivity index (χ1v) is 5.94. The summed E-state index contributed by atoms with van der Waals surface area (Å²) in [5, 5.41) is 6.11. The third-order valence-electron chi connectivity index (χ3n) is 3.28. The van der Waals surface area contributed by atoms with E-state index in [2.05, 4.69) is 10.6 Å². The Morgan fingerprint density at radius 3 is 2.94 bits per heavy atom. The van der Waals surface area contributed by atoms with Crippen LogP contribution in [0, 0.1) is 11.7 Å². The molecule has 92 valence electrons. The molecule has 0 aromatic heterocycles. The highest BCUT2D eigenvalue weighted by molar-refractivity contribution is 5.94. The van der Waals surface area contributed by atoms with Crippen molar-refractivity contribution in [1.82, 2.24) is 10.6 Å². The molecule has 1 heterocycles. The fourth-order valence-electron chi connectivity index (χ4n) is 2.15. The van der Waals surface area contributed by atoms with Gasteiger partial charge in [-0.1, -0.05) is 12.1 Å². The van der Waals surface area contributed by atoms with Crippen LogP contribution in [-0.2, 0) is 0 Å². The summed E-state index contributed by atoms with van der Waals surface area (Å²) in [5.41, 5.74) is 0.116. The molecule has 17 heavy (non-hydrogen) atoms. The van der Waals surface area contributed by atoms with E-state index < -0.39 is 5.82 Å². The molecule has 1 aromatic carbocycles. The maximum atomic E-state index is 13.4. The molecule has 0 radical (unpaired) electrons. The lowest BCUT2D eigenvalue weighted by atomic mass is 10.0. The van der Waals surface area contributed by atoms with Gasteiger partial charge in [-0.05, 0) is 44.5 Å². The van der Waals surface area contributed by atoms with Crippen molar-refractivity contribution >= 4 is 5.91 Å². The second kappa shape index (κ2) is 5.27. The summed E-state index contributed by atoms with van der Waals surface area (Å²) in [6.45, 7) is 3.87. The number of amides is 1. The van der Waals surface area contributed by atoms with Crippen LogP contribution in [0.2, 0.25) is 0 Å². The van der Waals surface area contributed by atoms with Gasteiger partial charge < -0.3 is 10.6 Å². The number of rotatable bonds is 3. The average Bonchev–Trinajstić information content (AvgIpc) is 2.82. The van der Waals surface area contributed by atoms with Crippen LogP contribution in [0.1, 0.15) is 23.7 Å². The van der Waals surface area contributed by atoms with Gasteiger partial charge in [0.1, 0.15) is 5.82 Å². The van der Waals surface area contributed by atoms with E-state index in [1.165, 1.54) is 12.1 Å². The molecule has 3 nitrogen and oxygen atoms in total. The second-order valence-electron chi connectivity index (χ2n) is 4.49. The molecule has 0 aliphatic carbocycles. The van der Waals surface area contributed by atoms with Gasteiger partial charge in [0.25, 0.3) is 5.91 Å². The minimum absolute atomic E-state index is 0.0668. The molecule has 0 bridgehead atoms. The summed E-state index contributed by atoms with van der Waals surface area (Å²) in [6, 6.07) is 6.12. The predicted molar refractivity (Wildman–Crippen MR) is 64.3 cm³/mol. The van der Waals surface area contributed by atoms with Gasteiger partial charge in [-0.25, -0.2) is 4.39 Å². The van der Waals surface area contributed by atoms with Crippen molar-refractivity contribution in [3.63, 3.8) is 0 Å². The van der Waals surface area contributed by atoms with Gasteiger partial charge in [0, 0.05) is 6.04 Å². The standard InChI is InChI=1S/C13H17FN2O/c1-9(10-6-7-15-8-10)16-13(17)11-4-2-3-5-12(11)14/h2-5,9-10,15H,6-8H2,1H3,(H,16,17). The molecule has 2 atom stereocenters. The van der Waals surface area contributed by atoms with Gasteiger partial charge in [0.2, 0.25) is 0 Å². The quantitative estimate of drug-likeness (QED) is 0.836. The largest absolute Gasteiger partial charge is 0.349 e. The van der Waals surface area contributed by atoms with Crippen LogP contribution < -0.4 is 10.6 Å². The molecule has 0 saturated carbocycles. The van der Waals surface area contributed by atoms with E-state index in [4.69, 9.17) is 0 Å². The SMILES string of the molecule is CC(NC(=O)c1ccccc1F)C1CCNC1. The maximum Gasteiger partial charge on any atom is 0.254 e. The van der Waals surface area contributed by atoms with Gasteiger partial charge in [-0.15, -0.1) is 0 Å². The molecule has 2 N–H and O–H groups in total. The van der Waals surface area contributed by atoms with Gasteiger partial charge in [0.15, 0.2) is 0 Å². The Kier molecular flexibility index (Phi) is 3.74. The Bertz CT molecular complexity index is 402. The summed E-state index contributed by atoms with van der Waals surface area (Å²) in [4.78, 5) is 11.9. The molecule has 1 amide bonds. The third-order valence-corrected chi connectivity index (χ3v) is 3.28. The van der Waals surface area contributed by atoms with Crippen LogP contribution >= 0.6 is 0 Å². The highest BCUT2D eigenvalue weighted by Crippen LogP contribution is 2.13. The zero-order chi connectivity index (χ0) is 12.3. The van der Waals surface area contributed by atoms with E-state index in [9.17, 15) is 9.18 Å². The second-order valence-corrected chi connectivity index (χ2v) is 4.49. The van der Waals surface area contributed by atoms with E-state index in [-0.39, 0.29) is 17.5 Å². The summed E-state index contributed by atoms with van der Waals surface area (Å²) in [6.07, 6.45) is 1.05. The monoisotopic (exact) mass is 236 g/mol. The molecule has 4 heteroatoms. The molecule has 0 spiro atoms. The van der Waals surface area contributed by atoms with Crippen molar-refractivity contribution in [3.8, 4) is 0 Å². The van der Waals surface area contributed by atoms with E-state index >= 15 is 0 Å². The number of halogens is 1. The van der Waals surface area contributed by atoms with Crippen LogP contribution in [0.15, 0.2) is 24.3 Å². The van der Waals surface area contributed by atoms with Crippen LogP contribution in [0.3, 0.4) is 0 Å². The third kappa shape index (κ3) is 2.82. The number of carbonyl (C=O) groups is 1. The van der Waals surface area contributed by atoms with Crippen molar-refractivity contribution in [1.29, 1.82) is 0 Å². The van der Waals surface area contributed by atoms with Gasteiger partial charge >= 0.3 is 0 Å². The fraction of sp³-hybridized carbons (Fsp3) is 0.462. The van der Waals surface area contributed by atoms with Crippen LogP contribution in [0.5, 0.6) is 0 Å². The lowest BCUT2D eigenvalue weighted by Gasteiger charge is -2.19. The Morgan fingerprint density at radius 1 is 1.53 bits per heavy atom. The summed E-state index contributed by atoms with van der Waals surface area (Å²) >= 11 is 0. The molecule has 1 aliphatic rings. The van der Waals surface area contributed by atoms with E-state index in [0.717, 1.165) is 19.5 Å². The summed E-state index contributed by atoms with van der Waals surface area (Å²) in [7, 11) is 0. The molecule has 2 rings (SSSR count). The highest BCUT2D eigenvalue weighted by atomic mass is 19.1. The summed E-state index contributed by atoms with van der Waals surface area (Å²) < 4.78 is 13.4. The number of hydrogen-bond donors (Lipinski definition) is 2. The smallest absolute Gasteiger partial charge is 0.254 e. The van der Waals surface area contributed by atoms with Crippen molar-refractivity contribution < 1.29 is 9.18 Å². The number of nitrogens with one attached hydrogen (secondary N) is 2. The zero-order valence-electron chi connectivity index (χ0n) is 9.87. The topological polar surface area (TPSA) is 41.1 Å². The molecule has 1 fully saturated rings. The molecular formula is C13H17FN2O. The minimum atomic E-state index is -0.471. The Labute approximate surface area is 100 Å². The molecule has 1 saturated heterocycles. The van der Waals surface area contributed by atoms with Gasteiger partial charge in [-0.3, -0.25) is 4.79 Å². The van der Waals surface area contributed by atoms with Crippen LogP contribution in [0.4, 0.5) is 4.39 Å². The molecular weight excluding hydrogens is 219 g/mol. The Balaban J connectivity index is 1.99. The molecule has 1 aliphatic heterocycles. The van der Waals surface area contributed by atoms with E-state index in [0.29, 0.717) is 5.92 Å². The van der Waals surface area contributed by atoms with Crippen molar-refractivity contribution in [2.45, 2.75) is 19.4 Å². The van der Waals surface area contributed by atoms with Gasteiger partial charge in [-0.2, -0.15) is 0 Å². The maximum absolute atomic E-state index is 13.4. The first-order valence-electron chi connectivity index (χ1n) is 5.94. The van der Waals surface area contributed by atoms with E-state index in [1.54, 1.807) is 12.1 Å². The van der Waals surface area contributed by atoms with Crippen LogP contribution in [0.25, 0.3) is 0 Å². The Morgan fingerprint density at radius 2 is 2.29 bits per heavy atom. The molecule has 1 aromatic rings. The first kappa shape index (κ1) is 12.0. The lowest BCUT2D eigenvalue weighted by molar-refractivity contribution is 0.0924. The Hall–Kier alpha value is -1.42. The number of carbonyl (C=O) groups excluding carboxylic acids is 1. The average molecular weight is 236 g/mol. The highest BCUT2D eigenvalue weighted by Gasteiger charge is 2.23. The minimum Gasteiger partial charge on any atom is -0.349 e. The summed E-state index contributed by atoms with van der Waals surface area (Å²) in [5.74, 6) is -0.366. The normalized spacial score (nSPS) is 21.2. The van der Waals surface area contributed by atoms with Gasteiger partial charge in [0.05, 0.1) is 5.56 Å². The number of benzene rings is 1. The number of hydrogen-bond acceptors (Lipinski definition) is 2. The predicted octanol–water partition coefficient (Wildman–Crippen LogP) is 1.55. The first-order chi connectivity index (χ1) is 8.18. The van der Waals surface area contributed by atoms with E-state index in [1.807, 2.05) is 6.92 Å². The van der Waals surface area contributed by atoms with Crippen LogP contribution in [-0.4, -0.2) is 25.0 Å². The van der Waals surface area contributed by atoms with Crippen molar-refractivity contribution in [3.05, 3.63) is 35.6 Å². The molecule has 2 unspecified atom stereocenters.